The minimum Gasteiger partial charge on any atom is -0.444 e. The minimum absolute atomic E-state index is 0.0930. The maximum absolute atomic E-state index is 12.1. The molecule has 0 spiro atoms. The van der Waals surface area contributed by atoms with E-state index in [4.69, 9.17) is 10.5 Å². The molecule has 24 heavy (non-hydrogen) atoms. The number of anilines is 2. The van der Waals surface area contributed by atoms with E-state index in [1.54, 1.807) is 17.9 Å². The van der Waals surface area contributed by atoms with Crippen molar-refractivity contribution < 1.29 is 14.5 Å². The Morgan fingerprint density at radius 1 is 1.33 bits per heavy atom. The van der Waals surface area contributed by atoms with Crippen LogP contribution in [-0.2, 0) is 4.74 Å². The third kappa shape index (κ3) is 4.03. The SMILES string of the molecule is Cc1cc(N2CCN(C(=O)OC(C)(C)C)CC2)nc(N)c1[N+](=O)[O-]. The van der Waals surface area contributed by atoms with E-state index in [1.807, 2.05) is 25.7 Å². The number of pyridine rings is 1. The van der Waals surface area contributed by atoms with E-state index in [-0.39, 0.29) is 17.6 Å². The summed E-state index contributed by atoms with van der Waals surface area (Å²) >= 11 is 0. The number of nitrogens with two attached hydrogens (primary N) is 1. The summed E-state index contributed by atoms with van der Waals surface area (Å²) in [6, 6.07) is 1.65. The fraction of sp³-hybridized carbons (Fsp3) is 0.600. The third-order valence-corrected chi connectivity index (χ3v) is 3.63. The summed E-state index contributed by atoms with van der Waals surface area (Å²) in [6.45, 7) is 9.22. The molecule has 0 unspecified atom stereocenters. The molecule has 1 fully saturated rings. The smallest absolute Gasteiger partial charge is 0.410 e. The van der Waals surface area contributed by atoms with Crippen LogP contribution in [0.15, 0.2) is 6.07 Å². The van der Waals surface area contributed by atoms with Crippen molar-refractivity contribution in [2.24, 2.45) is 0 Å². The Morgan fingerprint density at radius 3 is 2.38 bits per heavy atom. The van der Waals surface area contributed by atoms with Gasteiger partial charge in [-0.05, 0) is 33.8 Å². The second kappa shape index (κ2) is 6.50. The number of carbonyl (C=O) groups excluding carboxylic acids is 1. The number of piperazine rings is 1. The van der Waals surface area contributed by atoms with E-state index >= 15 is 0 Å². The fourth-order valence-electron chi connectivity index (χ4n) is 2.52. The van der Waals surface area contributed by atoms with Crippen LogP contribution in [0, 0.1) is 17.0 Å². The number of rotatable bonds is 2. The highest BCUT2D eigenvalue weighted by atomic mass is 16.6. The lowest BCUT2D eigenvalue weighted by Crippen LogP contribution is -2.50. The highest BCUT2D eigenvalue weighted by Crippen LogP contribution is 2.28. The van der Waals surface area contributed by atoms with Gasteiger partial charge < -0.3 is 20.3 Å². The van der Waals surface area contributed by atoms with Gasteiger partial charge in [0.25, 0.3) is 0 Å². The summed E-state index contributed by atoms with van der Waals surface area (Å²) in [5.41, 5.74) is 5.49. The van der Waals surface area contributed by atoms with E-state index in [0.29, 0.717) is 37.6 Å². The van der Waals surface area contributed by atoms with E-state index < -0.39 is 10.5 Å². The van der Waals surface area contributed by atoms with Crippen molar-refractivity contribution in [1.82, 2.24) is 9.88 Å². The molecule has 1 aromatic heterocycles. The second-order valence-corrected chi connectivity index (χ2v) is 6.74. The summed E-state index contributed by atoms with van der Waals surface area (Å²) in [5.74, 6) is 0.490. The zero-order valence-corrected chi connectivity index (χ0v) is 14.4. The first-order chi connectivity index (χ1) is 11.1. The number of ether oxygens (including phenoxy) is 1. The number of hydrogen-bond donors (Lipinski definition) is 1. The van der Waals surface area contributed by atoms with Gasteiger partial charge in [0.05, 0.1) is 4.92 Å². The Bertz CT molecular complexity index is 625. The lowest BCUT2D eigenvalue weighted by atomic mass is 10.2. The van der Waals surface area contributed by atoms with Crippen LogP contribution in [0.2, 0.25) is 0 Å². The number of carbonyl (C=O) groups is 1. The highest BCUT2D eigenvalue weighted by Gasteiger charge is 2.27. The second-order valence-electron chi connectivity index (χ2n) is 6.74. The van der Waals surface area contributed by atoms with Crippen LogP contribution in [0.1, 0.15) is 26.3 Å². The summed E-state index contributed by atoms with van der Waals surface area (Å²) in [6.07, 6.45) is -0.338. The third-order valence-electron chi connectivity index (χ3n) is 3.63. The Labute approximate surface area is 140 Å². The Balaban J connectivity index is 2.05. The van der Waals surface area contributed by atoms with E-state index in [0.717, 1.165) is 0 Å². The monoisotopic (exact) mass is 337 g/mol. The zero-order valence-electron chi connectivity index (χ0n) is 14.4. The lowest BCUT2D eigenvalue weighted by Gasteiger charge is -2.36. The number of amides is 1. The standard InChI is InChI=1S/C15H23N5O4/c1-10-9-11(17-13(16)12(10)20(22)23)18-5-7-19(8-6-18)14(21)24-15(2,3)4/h9H,5-8H2,1-4H3,(H2,16,17). The maximum atomic E-state index is 12.1. The summed E-state index contributed by atoms with van der Waals surface area (Å²) in [4.78, 5) is 30.2. The van der Waals surface area contributed by atoms with Crippen molar-refractivity contribution >= 4 is 23.4 Å². The van der Waals surface area contributed by atoms with Gasteiger partial charge in [-0.1, -0.05) is 0 Å². The maximum Gasteiger partial charge on any atom is 0.410 e. The number of nitrogen functional groups attached to an aromatic ring is 1. The number of nitro groups is 1. The van der Waals surface area contributed by atoms with Crippen molar-refractivity contribution in [3.8, 4) is 0 Å². The van der Waals surface area contributed by atoms with Crippen molar-refractivity contribution in [3.63, 3.8) is 0 Å². The van der Waals surface area contributed by atoms with Gasteiger partial charge in [0.2, 0.25) is 5.82 Å². The van der Waals surface area contributed by atoms with Crippen molar-refractivity contribution in [1.29, 1.82) is 0 Å². The average Bonchev–Trinajstić information content (AvgIpc) is 2.44. The first kappa shape index (κ1) is 17.8. The fourth-order valence-corrected chi connectivity index (χ4v) is 2.52. The minimum atomic E-state index is -0.528. The number of hydrogen-bond acceptors (Lipinski definition) is 7. The molecule has 1 aliphatic rings. The Morgan fingerprint density at radius 2 is 1.92 bits per heavy atom. The predicted molar refractivity (Wildman–Crippen MR) is 90.1 cm³/mol. The molecular formula is C15H23N5O4. The van der Waals surface area contributed by atoms with Crippen molar-refractivity contribution in [2.45, 2.75) is 33.3 Å². The normalized spacial score (nSPS) is 15.3. The molecule has 1 aromatic rings. The van der Waals surface area contributed by atoms with E-state index in [2.05, 4.69) is 4.98 Å². The Kier molecular flexibility index (Phi) is 4.81. The number of aryl methyl sites for hydroxylation is 1. The van der Waals surface area contributed by atoms with Crippen molar-refractivity contribution in [2.75, 3.05) is 36.8 Å². The van der Waals surface area contributed by atoms with Gasteiger partial charge in [-0.2, -0.15) is 0 Å². The van der Waals surface area contributed by atoms with Crippen LogP contribution in [0.25, 0.3) is 0 Å². The van der Waals surface area contributed by atoms with E-state index in [9.17, 15) is 14.9 Å². The summed E-state index contributed by atoms with van der Waals surface area (Å²) in [5, 5.41) is 11.0. The summed E-state index contributed by atoms with van der Waals surface area (Å²) in [7, 11) is 0. The topological polar surface area (TPSA) is 115 Å². The molecule has 9 heteroatoms. The molecule has 0 aliphatic carbocycles. The van der Waals surface area contributed by atoms with Gasteiger partial charge in [0, 0.05) is 31.7 Å². The molecule has 132 valence electrons. The van der Waals surface area contributed by atoms with E-state index in [1.165, 1.54) is 0 Å². The van der Waals surface area contributed by atoms with Crippen LogP contribution in [0.4, 0.5) is 22.1 Å². The molecule has 2 rings (SSSR count). The largest absolute Gasteiger partial charge is 0.444 e. The molecule has 0 bridgehead atoms. The molecule has 0 radical (unpaired) electrons. The van der Waals surface area contributed by atoms with Crippen LogP contribution >= 0.6 is 0 Å². The molecule has 1 saturated heterocycles. The molecule has 0 aromatic carbocycles. The predicted octanol–water partition coefficient (Wildman–Crippen LogP) is 1.94. The molecular weight excluding hydrogens is 314 g/mol. The van der Waals surface area contributed by atoms with Crippen LogP contribution < -0.4 is 10.6 Å². The molecule has 9 nitrogen and oxygen atoms in total. The van der Waals surface area contributed by atoms with Crippen molar-refractivity contribution in [3.05, 3.63) is 21.7 Å². The summed E-state index contributed by atoms with van der Waals surface area (Å²) < 4.78 is 5.36. The average molecular weight is 337 g/mol. The molecule has 2 heterocycles. The molecule has 1 amide bonds. The van der Waals surface area contributed by atoms with Crippen LogP contribution in [0.3, 0.4) is 0 Å². The highest BCUT2D eigenvalue weighted by molar-refractivity contribution is 5.69. The van der Waals surface area contributed by atoms with Gasteiger partial charge in [-0.3, -0.25) is 10.1 Å². The molecule has 1 aliphatic heterocycles. The zero-order chi connectivity index (χ0) is 18.1. The molecule has 0 atom stereocenters. The quantitative estimate of drug-likeness (QED) is 0.647. The first-order valence-electron chi connectivity index (χ1n) is 7.73. The van der Waals surface area contributed by atoms with Gasteiger partial charge in [-0.25, -0.2) is 9.78 Å². The number of aromatic nitrogens is 1. The van der Waals surface area contributed by atoms with Gasteiger partial charge in [0.1, 0.15) is 11.4 Å². The van der Waals surface area contributed by atoms with Gasteiger partial charge in [-0.15, -0.1) is 0 Å². The lowest BCUT2D eigenvalue weighted by molar-refractivity contribution is -0.384. The van der Waals surface area contributed by atoms with Crippen LogP contribution in [-0.4, -0.2) is 52.7 Å². The molecule has 2 N–H and O–H groups in total. The Hall–Kier alpha value is -2.58. The number of nitrogens with zero attached hydrogens (tertiary/aromatic N) is 4. The van der Waals surface area contributed by atoms with Crippen LogP contribution in [0.5, 0.6) is 0 Å². The molecule has 0 saturated carbocycles. The van der Waals surface area contributed by atoms with Gasteiger partial charge in [0.15, 0.2) is 0 Å². The first-order valence-corrected chi connectivity index (χ1v) is 7.73. The van der Waals surface area contributed by atoms with Gasteiger partial charge >= 0.3 is 11.8 Å².